The van der Waals surface area contributed by atoms with Gasteiger partial charge in [-0.2, -0.15) is 0 Å². The van der Waals surface area contributed by atoms with Crippen LogP contribution in [0.2, 0.25) is 0 Å². The summed E-state index contributed by atoms with van der Waals surface area (Å²) in [4.78, 5) is 4.86. The molecule has 0 saturated carbocycles. The number of aromatic nitrogens is 1. The maximum absolute atomic E-state index is 9.62. The third-order valence-electron chi connectivity index (χ3n) is 16.9. The molecule has 0 amide bonds. The van der Waals surface area contributed by atoms with Crippen molar-refractivity contribution in [2.24, 2.45) is 0 Å². The summed E-state index contributed by atoms with van der Waals surface area (Å²) < 4.78 is 39.5. The molecule has 382 valence electrons. The maximum Gasteiger partial charge on any atom is 0.432 e. The van der Waals surface area contributed by atoms with Crippen molar-refractivity contribution in [3.8, 4) is 83.8 Å². The topological polar surface area (TPSA) is 19.6 Å². The highest BCUT2D eigenvalue weighted by Crippen LogP contribution is 2.68. The number of pyridine rings is 1. The highest BCUT2D eigenvalue weighted by Gasteiger charge is 2.70. The Balaban J connectivity index is 1.07. The van der Waals surface area contributed by atoms with Gasteiger partial charge < -0.3 is 9.64 Å². The number of hydrogen-bond acceptors (Lipinski definition) is 3. The van der Waals surface area contributed by atoms with Crippen molar-refractivity contribution in [3.05, 3.63) is 246 Å². The molecule has 4 aliphatic heterocycles. The molecule has 78 heavy (non-hydrogen) atoms. The predicted octanol–water partition coefficient (Wildman–Crippen LogP) is 18.9. The van der Waals surface area contributed by atoms with Gasteiger partial charge in [0.2, 0.25) is 5.69 Å². The highest BCUT2D eigenvalue weighted by molar-refractivity contribution is 6.03. The van der Waals surface area contributed by atoms with Crippen molar-refractivity contribution in [1.82, 2.24) is 0 Å². The monoisotopic (exact) mass is 1020 g/mol. The van der Waals surface area contributed by atoms with E-state index in [0.717, 1.165) is 106 Å². The van der Waals surface area contributed by atoms with Crippen LogP contribution in [-0.2, 0) is 22.1 Å². The van der Waals surface area contributed by atoms with Gasteiger partial charge in [0.1, 0.15) is 17.5 Å². The van der Waals surface area contributed by atoms with Gasteiger partial charge in [0.05, 0.1) is 16.9 Å². The molecule has 9 aromatic carbocycles. The second kappa shape index (κ2) is 17.0. The fourth-order valence-electron chi connectivity index (χ4n) is 13.1. The zero-order chi connectivity index (χ0) is 56.1. The van der Waals surface area contributed by atoms with E-state index >= 15 is 0 Å². The van der Waals surface area contributed by atoms with Gasteiger partial charge in [-0.1, -0.05) is 220 Å². The van der Waals surface area contributed by atoms with Gasteiger partial charge in [-0.05, 0) is 132 Å². The van der Waals surface area contributed by atoms with Crippen LogP contribution in [0.3, 0.4) is 0 Å². The molecule has 4 nitrogen and oxygen atoms in total. The lowest BCUT2D eigenvalue weighted by molar-refractivity contribution is -0.774. The standard InChI is InChI=1S/C74H66N3O/c1-46-40-53(66-56(51-26-18-13-19-27-51)28-20-30-61(66)72(5,6)7)36-37-63(46)76-64-31-21-29-57-58-41-54(48-24-16-12-17-25-48)42-59-65-43-52(50-34-32-49(33-35-50)47-22-14-11-15-23-47)38-39-75(65)74(67(58)59)77(68(57)64)70(76)60-44-55(71(2,3)4)45-62(69(60)78-74)73(8,9)10/h11-45,70H,1-10H3/q+1/i1D3. The smallest absolute Gasteiger partial charge is 0.410 e. The van der Waals surface area contributed by atoms with Crippen LogP contribution in [0.5, 0.6) is 5.75 Å². The van der Waals surface area contributed by atoms with E-state index in [-0.39, 0.29) is 21.8 Å². The maximum atomic E-state index is 9.62. The average molecular weight is 1020 g/mol. The van der Waals surface area contributed by atoms with Gasteiger partial charge in [0, 0.05) is 44.2 Å². The number of nitrogens with zero attached hydrogens (tertiary/aromatic N) is 3. The van der Waals surface area contributed by atoms with E-state index in [2.05, 4.69) is 277 Å². The summed E-state index contributed by atoms with van der Waals surface area (Å²) in [6, 6.07) is 74.0. The average Bonchev–Trinajstić information content (AvgIpc) is 1.83. The molecule has 0 saturated heterocycles. The molecular formula is C74H66N3O+. The number of aryl methyl sites for hydroxylation is 1. The van der Waals surface area contributed by atoms with E-state index in [1.165, 1.54) is 16.7 Å². The summed E-state index contributed by atoms with van der Waals surface area (Å²) in [7, 11) is 0. The highest BCUT2D eigenvalue weighted by atomic mass is 16.5. The van der Waals surface area contributed by atoms with Gasteiger partial charge >= 0.3 is 5.85 Å². The largest absolute Gasteiger partial charge is 0.432 e. The Morgan fingerprint density at radius 3 is 1.71 bits per heavy atom. The summed E-state index contributed by atoms with van der Waals surface area (Å²) in [5, 5.41) is 0. The van der Waals surface area contributed by atoms with Crippen LogP contribution in [-0.4, -0.2) is 0 Å². The van der Waals surface area contributed by atoms with Crippen molar-refractivity contribution >= 4 is 17.1 Å². The van der Waals surface area contributed by atoms with E-state index in [0.29, 0.717) is 5.69 Å². The number of rotatable bonds is 6. The molecular weight excluding hydrogens is 947 g/mol. The molecule has 4 aliphatic rings. The summed E-state index contributed by atoms with van der Waals surface area (Å²) in [5.41, 5.74) is 22.7. The second-order valence-electron chi connectivity index (χ2n) is 24.9. The van der Waals surface area contributed by atoms with E-state index < -0.39 is 18.9 Å². The Kier molecular flexibility index (Phi) is 9.74. The SMILES string of the molecule is [2H]C([2H])([2H])c1cc(-c2c(-c3ccccc3)cccc2C(C)(C)C)ccc1N1c2cccc3c2N2C1c1cc(C(C)(C)C)cc(C(C)(C)C)c1OC21c2c-3cc(-c3ccccc3)cc2-c2cc(-c3ccc(-c4ccccc4)cc3)cc[n+]21. The van der Waals surface area contributed by atoms with Crippen LogP contribution in [0.15, 0.2) is 212 Å². The van der Waals surface area contributed by atoms with E-state index in [1.54, 1.807) is 0 Å². The first kappa shape index (κ1) is 44.6. The molecule has 0 aliphatic carbocycles. The summed E-state index contributed by atoms with van der Waals surface area (Å²) >= 11 is 0. The number of hydrogen-bond donors (Lipinski definition) is 0. The van der Waals surface area contributed by atoms with Crippen LogP contribution in [0, 0.1) is 6.85 Å². The number of anilines is 3. The van der Waals surface area contributed by atoms with Crippen LogP contribution >= 0.6 is 0 Å². The molecule has 5 heterocycles. The molecule has 4 heteroatoms. The minimum atomic E-state index is -2.51. The quantitative estimate of drug-likeness (QED) is 0.155. The number of benzene rings is 9. The fraction of sp³-hybridized carbons (Fsp3) is 0.203. The Morgan fingerprint density at radius 2 is 1.05 bits per heavy atom. The predicted molar refractivity (Wildman–Crippen MR) is 323 cm³/mol. The summed E-state index contributed by atoms with van der Waals surface area (Å²) in [6.07, 6.45) is 1.68. The molecule has 0 N–H and O–H groups in total. The van der Waals surface area contributed by atoms with Crippen molar-refractivity contribution in [3.63, 3.8) is 0 Å². The number of ether oxygens (including phenoxy) is 1. The lowest BCUT2D eigenvalue weighted by atomic mass is 9.77. The normalized spacial score (nSPS) is 17.3. The minimum Gasteiger partial charge on any atom is -0.410 e. The molecule has 1 aromatic heterocycles. The molecule has 0 radical (unpaired) electrons. The van der Waals surface area contributed by atoms with Crippen LogP contribution in [0.25, 0.3) is 78.0 Å². The van der Waals surface area contributed by atoms with Crippen LogP contribution in [0.1, 0.15) is 106 Å². The molecule has 14 rings (SSSR count). The minimum absolute atomic E-state index is 0.228. The first-order valence-electron chi connectivity index (χ1n) is 29.1. The van der Waals surface area contributed by atoms with Crippen LogP contribution in [0.4, 0.5) is 17.1 Å². The zero-order valence-electron chi connectivity index (χ0n) is 49.0. The Hall–Kier alpha value is -8.47. The van der Waals surface area contributed by atoms with Gasteiger partial charge in [-0.25, -0.2) is 4.90 Å². The molecule has 0 fully saturated rings. The molecule has 2 atom stereocenters. The molecule has 2 unspecified atom stereocenters. The third-order valence-corrected chi connectivity index (χ3v) is 16.9. The van der Waals surface area contributed by atoms with Gasteiger partial charge in [0.15, 0.2) is 6.20 Å². The molecule has 0 bridgehead atoms. The van der Waals surface area contributed by atoms with Gasteiger partial charge in [0.25, 0.3) is 0 Å². The first-order valence-corrected chi connectivity index (χ1v) is 27.6. The van der Waals surface area contributed by atoms with Crippen molar-refractivity contribution in [1.29, 1.82) is 0 Å². The fourth-order valence-corrected chi connectivity index (χ4v) is 13.1. The number of fused-ring (bicyclic) bond motifs is 5. The lowest BCUT2D eigenvalue weighted by Crippen LogP contribution is -2.71. The second-order valence-corrected chi connectivity index (χ2v) is 24.9. The van der Waals surface area contributed by atoms with E-state index in [1.807, 2.05) is 12.1 Å². The van der Waals surface area contributed by atoms with E-state index in [9.17, 15) is 4.11 Å². The van der Waals surface area contributed by atoms with Gasteiger partial charge in [-0.15, -0.1) is 4.57 Å². The number of para-hydroxylation sites is 1. The summed E-state index contributed by atoms with van der Waals surface area (Å²) in [5.74, 6) is -0.429. The Labute approximate surface area is 465 Å². The molecule has 1 spiro atoms. The molecule has 10 aromatic rings. The van der Waals surface area contributed by atoms with Crippen molar-refractivity contribution in [2.75, 3.05) is 9.80 Å². The van der Waals surface area contributed by atoms with Gasteiger partial charge in [-0.3, -0.25) is 0 Å². The van der Waals surface area contributed by atoms with E-state index in [4.69, 9.17) is 4.74 Å². The Bertz CT molecular complexity index is 4190. The third kappa shape index (κ3) is 7.15. The Morgan fingerprint density at radius 1 is 0.462 bits per heavy atom. The van der Waals surface area contributed by atoms with Crippen LogP contribution < -0.4 is 19.1 Å². The zero-order valence-corrected chi connectivity index (χ0v) is 46.0. The van der Waals surface area contributed by atoms with Crippen molar-refractivity contribution < 1.29 is 13.4 Å². The first-order chi connectivity index (χ1) is 38.7. The van der Waals surface area contributed by atoms with Crippen molar-refractivity contribution in [2.45, 2.75) is 97.4 Å². The summed E-state index contributed by atoms with van der Waals surface area (Å²) in [6.45, 7) is 17.9. The lowest BCUT2D eigenvalue weighted by Gasteiger charge is -2.49.